The summed E-state index contributed by atoms with van der Waals surface area (Å²) in [6.07, 6.45) is 7.02. The van der Waals surface area contributed by atoms with Crippen LogP contribution in [0.4, 0.5) is 4.39 Å². The lowest BCUT2D eigenvalue weighted by molar-refractivity contribution is -0.141. The predicted molar refractivity (Wildman–Crippen MR) is 124 cm³/mol. The van der Waals surface area contributed by atoms with Gasteiger partial charge in [0, 0.05) is 24.4 Å². The Kier molecular flexibility index (Phi) is 8.41. The minimum absolute atomic E-state index is 0.00378. The molecule has 0 bridgehead atoms. The molecule has 0 saturated carbocycles. The van der Waals surface area contributed by atoms with Crippen LogP contribution in [0.5, 0.6) is 0 Å². The highest BCUT2D eigenvalue weighted by molar-refractivity contribution is 7.10. The van der Waals surface area contributed by atoms with E-state index in [1.807, 2.05) is 16.3 Å². The smallest absolute Gasteiger partial charge is 0.243 e. The maximum Gasteiger partial charge on any atom is 0.243 e. The Hall–Kier alpha value is -2.47. The molecule has 0 aliphatic carbocycles. The number of hydrogen-bond donors (Lipinski definition) is 0. The van der Waals surface area contributed by atoms with Crippen molar-refractivity contribution in [1.82, 2.24) is 9.80 Å². The zero-order valence-corrected chi connectivity index (χ0v) is 19.0. The number of amides is 2. The van der Waals surface area contributed by atoms with Gasteiger partial charge in [-0.2, -0.15) is 0 Å². The lowest BCUT2D eigenvalue weighted by atomic mass is 9.93. The normalized spacial score (nSPS) is 15.4. The number of nitrogens with zero attached hydrogens (tertiary/aromatic N) is 2. The van der Waals surface area contributed by atoms with E-state index in [4.69, 9.17) is 0 Å². The van der Waals surface area contributed by atoms with Crippen LogP contribution in [-0.4, -0.2) is 41.2 Å². The summed E-state index contributed by atoms with van der Waals surface area (Å²) in [5.74, 6) is -0.389. The molecule has 0 spiro atoms. The Bertz CT molecular complexity index is 893. The Morgan fingerprint density at radius 3 is 2.71 bits per heavy atom. The van der Waals surface area contributed by atoms with E-state index in [-0.39, 0.29) is 30.2 Å². The highest BCUT2D eigenvalue weighted by atomic mass is 32.1. The van der Waals surface area contributed by atoms with Crippen molar-refractivity contribution in [3.05, 3.63) is 70.2 Å². The first-order valence-corrected chi connectivity index (χ1v) is 11.9. The van der Waals surface area contributed by atoms with E-state index in [2.05, 4.69) is 13.5 Å². The van der Waals surface area contributed by atoms with Gasteiger partial charge in [-0.25, -0.2) is 4.39 Å². The third kappa shape index (κ3) is 5.82. The number of unbranched alkanes of at least 4 members (excludes halogenated alkanes) is 3. The molecule has 1 aromatic heterocycles. The number of rotatable bonds is 10. The molecule has 0 radical (unpaired) electrons. The SMILES string of the molecule is C=CCN(CC(=O)N1CCc2sccc2C1c1ccc(F)cc1)C(=O)CCCCCC. The Morgan fingerprint density at radius 1 is 1.23 bits per heavy atom. The number of hydrogen-bond acceptors (Lipinski definition) is 3. The molecule has 6 heteroatoms. The molecule has 166 valence electrons. The van der Waals surface area contributed by atoms with E-state index in [9.17, 15) is 14.0 Å². The molecule has 2 heterocycles. The molecule has 1 aliphatic heterocycles. The molecule has 1 aromatic carbocycles. The van der Waals surface area contributed by atoms with Gasteiger partial charge >= 0.3 is 0 Å². The molecule has 1 atom stereocenters. The Balaban J connectivity index is 1.76. The maximum atomic E-state index is 13.5. The quantitative estimate of drug-likeness (QED) is 0.368. The number of thiophene rings is 1. The summed E-state index contributed by atoms with van der Waals surface area (Å²) < 4.78 is 13.5. The van der Waals surface area contributed by atoms with Gasteiger partial charge in [0.05, 0.1) is 6.04 Å². The molecule has 0 N–H and O–H groups in total. The second kappa shape index (κ2) is 11.2. The largest absolute Gasteiger partial charge is 0.330 e. The van der Waals surface area contributed by atoms with E-state index in [0.717, 1.165) is 43.2 Å². The first-order valence-electron chi connectivity index (χ1n) is 11.0. The summed E-state index contributed by atoms with van der Waals surface area (Å²) in [6.45, 7) is 6.87. The maximum absolute atomic E-state index is 13.5. The van der Waals surface area contributed by atoms with Gasteiger partial charge in [0.25, 0.3) is 0 Å². The van der Waals surface area contributed by atoms with Crippen LogP contribution in [0.25, 0.3) is 0 Å². The van der Waals surface area contributed by atoms with Crippen LogP contribution in [0.1, 0.15) is 61.1 Å². The molecular formula is C25H31FN2O2S. The van der Waals surface area contributed by atoms with E-state index in [0.29, 0.717) is 19.5 Å². The topological polar surface area (TPSA) is 40.6 Å². The minimum atomic E-state index is -0.297. The molecule has 31 heavy (non-hydrogen) atoms. The van der Waals surface area contributed by atoms with Crippen molar-refractivity contribution >= 4 is 23.2 Å². The fourth-order valence-corrected chi connectivity index (χ4v) is 5.02. The molecular weight excluding hydrogens is 411 g/mol. The summed E-state index contributed by atoms with van der Waals surface area (Å²) >= 11 is 1.69. The van der Waals surface area contributed by atoms with Gasteiger partial charge in [-0.15, -0.1) is 17.9 Å². The monoisotopic (exact) mass is 442 g/mol. The van der Waals surface area contributed by atoms with Crippen LogP contribution in [0.15, 0.2) is 48.4 Å². The van der Waals surface area contributed by atoms with Crippen LogP contribution >= 0.6 is 11.3 Å². The van der Waals surface area contributed by atoms with Crippen LogP contribution in [0.3, 0.4) is 0 Å². The summed E-state index contributed by atoms with van der Waals surface area (Å²) in [6, 6.07) is 8.15. The zero-order valence-electron chi connectivity index (χ0n) is 18.2. The first kappa shape index (κ1) is 23.2. The first-order chi connectivity index (χ1) is 15.0. The average Bonchev–Trinajstić information content (AvgIpc) is 3.25. The standard InChI is InChI=1S/C25H31FN2O2S/c1-3-5-6-7-8-23(29)27(15-4-2)18-24(30)28-16-13-22-21(14-17-31-22)25(28)19-9-11-20(26)12-10-19/h4,9-12,14,17,25H,2-3,5-8,13,15-16,18H2,1H3. The molecule has 0 saturated heterocycles. The van der Waals surface area contributed by atoms with Gasteiger partial charge in [-0.1, -0.05) is 44.4 Å². The van der Waals surface area contributed by atoms with Gasteiger partial charge in [-0.05, 0) is 47.5 Å². The van der Waals surface area contributed by atoms with Crippen molar-refractivity contribution in [3.63, 3.8) is 0 Å². The van der Waals surface area contributed by atoms with Crippen LogP contribution in [-0.2, 0) is 16.0 Å². The molecule has 0 fully saturated rings. The summed E-state index contributed by atoms with van der Waals surface area (Å²) in [5.41, 5.74) is 1.98. The molecule has 1 unspecified atom stereocenters. The average molecular weight is 443 g/mol. The molecule has 3 rings (SSSR count). The Labute approximate surface area is 188 Å². The van der Waals surface area contributed by atoms with E-state index >= 15 is 0 Å². The van der Waals surface area contributed by atoms with Crippen molar-refractivity contribution in [2.75, 3.05) is 19.6 Å². The Morgan fingerprint density at radius 2 is 2.00 bits per heavy atom. The fourth-order valence-electron chi connectivity index (χ4n) is 4.12. The highest BCUT2D eigenvalue weighted by Gasteiger charge is 2.33. The van der Waals surface area contributed by atoms with Gasteiger partial charge in [0.15, 0.2) is 0 Å². The predicted octanol–water partition coefficient (Wildman–Crippen LogP) is 5.35. The van der Waals surface area contributed by atoms with Gasteiger partial charge in [0.1, 0.15) is 12.4 Å². The van der Waals surface area contributed by atoms with E-state index in [1.54, 1.807) is 34.4 Å². The summed E-state index contributed by atoms with van der Waals surface area (Å²) in [7, 11) is 0. The molecule has 2 aromatic rings. The van der Waals surface area contributed by atoms with Crippen molar-refractivity contribution in [3.8, 4) is 0 Å². The lowest BCUT2D eigenvalue weighted by Crippen LogP contribution is -2.46. The van der Waals surface area contributed by atoms with Crippen molar-refractivity contribution < 1.29 is 14.0 Å². The number of fused-ring (bicyclic) bond motifs is 1. The summed E-state index contributed by atoms with van der Waals surface area (Å²) in [4.78, 5) is 30.8. The molecule has 1 aliphatic rings. The lowest BCUT2D eigenvalue weighted by Gasteiger charge is -2.37. The third-order valence-electron chi connectivity index (χ3n) is 5.74. The fraction of sp³-hybridized carbons (Fsp3) is 0.440. The highest BCUT2D eigenvalue weighted by Crippen LogP contribution is 2.37. The zero-order chi connectivity index (χ0) is 22.2. The number of carbonyl (C=O) groups excluding carboxylic acids is 2. The number of carbonyl (C=O) groups is 2. The van der Waals surface area contributed by atoms with Crippen LogP contribution in [0.2, 0.25) is 0 Å². The van der Waals surface area contributed by atoms with E-state index in [1.165, 1.54) is 17.0 Å². The van der Waals surface area contributed by atoms with E-state index < -0.39 is 0 Å². The van der Waals surface area contributed by atoms with Gasteiger partial charge in [0.2, 0.25) is 11.8 Å². The van der Waals surface area contributed by atoms with Crippen molar-refractivity contribution in [2.45, 2.75) is 51.5 Å². The number of benzene rings is 1. The van der Waals surface area contributed by atoms with Crippen molar-refractivity contribution in [2.24, 2.45) is 0 Å². The van der Waals surface area contributed by atoms with Crippen LogP contribution < -0.4 is 0 Å². The second-order valence-corrected chi connectivity index (χ2v) is 8.96. The van der Waals surface area contributed by atoms with Gasteiger partial charge in [-0.3, -0.25) is 9.59 Å². The molecule has 2 amide bonds. The number of halogens is 1. The van der Waals surface area contributed by atoms with Crippen molar-refractivity contribution in [1.29, 1.82) is 0 Å². The van der Waals surface area contributed by atoms with Crippen LogP contribution in [0, 0.1) is 5.82 Å². The third-order valence-corrected chi connectivity index (χ3v) is 6.74. The molecule has 4 nitrogen and oxygen atoms in total. The summed E-state index contributed by atoms with van der Waals surface area (Å²) in [5, 5.41) is 2.04. The van der Waals surface area contributed by atoms with Gasteiger partial charge < -0.3 is 9.80 Å². The second-order valence-electron chi connectivity index (χ2n) is 7.96. The minimum Gasteiger partial charge on any atom is -0.330 e.